The average molecular weight is 1890 g/mol. The first kappa shape index (κ1) is 103. The van der Waals surface area contributed by atoms with E-state index in [1.807, 2.05) is 127 Å². The number of nitrogens with zero attached hydrogens (tertiary/aromatic N) is 15. The summed E-state index contributed by atoms with van der Waals surface area (Å²) in [6.07, 6.45) is 23.2. The quantitative estimate of drug-likeness (QED) is 0.0196. The first-order chi connectivity index (χ1) is 67.0. The predicted molar refractivity (Wildman–Crippen MR) is 551 cm³/mol. The number of hydrogen-bond acceptors (Lipinski definition) is 27. The highest BCUT2D eigenvalue weighted by Crippen LogP contribution is 2.32. The molecular formula is C108H93N15O12S3. The molecule has 0 aliphatic carbocycles. The van der Waals surface area contributed by atoms with Crippen LogP contribution in [0.3, 0.4) is 0 Å². The molecule has 27 nitrogen and oxygen atoms in total. The summed E-state index contributed by atoms with van der Waals surface area (Å²) in [7, 11) is 0. The highest BCUT2D eigenvalue weighted by Gasteiger charge is 2.21. The Kier molecular flexibility index (Phi) is 39.5. The summed E-state index contributed by atoms with van der Waals surface area (Å²) in [4.78, 5) is 123. The van der Waals surface area contributed by atoms with Crippen LogP contribution in [0.15, 0.2) is 365 Å². The zero-order chi connectivity index (χ0) is 98.7. The molecule has 14 rings (SSSR count). The molecule has 0 unspecified atom stereocenters. The average Bonchev–Trinajstić information content (AvgIpc) is 0.769. The van der Waals surface area contributed by atoms with Crippen LogP contribution in [0.25, 0.3) is 72.9 Å². The number of ether oxygens (including phenoxy) is 6. The Balaban J connectivity index is 0.000000185. The van der Waals surface area contributed by atoms with Crippen molar-refractivity contribution in [2.45, 2.75) is 52.4 Å². The number of aromatic nitrogens is 15. The largest absolute Gasteiger partial charge is 0.424 e. The molecule has 14 aromatic rings. The van der Waals surface area contributed by atoms with E-state index < -0.39 is 53.0 Å². The standard InChI is InChI=1S/C30H27N3O3.C30H27N3S3.C27H21N3O3.C12H9N3O6.C9H9N3/c1-4-22-7-13-25(14-8-22)19-31-28(34)32(20-26-15-9-23(5-2)10-16-26)30(36)33(29(31)35)21-27-17-11-24(6-3)12-18-27;1-4-22-7-13-25(14-8-22)19-34-28-31-29(35-20-26-15-9-23(5-2)10-16-26)33-30(32-28)36-21-27-17-11-24(6-3)12-18-27;1-4-19-7-13-22(14-8-19)31-25-28-26(32-23-15-9-20(5-2)10-16-23)30-27(29-25)33-24-17-11-21(6-3)12-18-24;1-4-7(16)19-10-13-11(20-8(17)5-2)15-12(14-10)21-9(18)6-3;1-4-7-10-8(5-2)12-9(6-3)11-7/h2*4-18H,1-3,19-21H2;4-18H,1-3H2;4-6H,1-3H2;4-6H,1-3H2. The van der Waals surface area contributed by atoms with Gasteiger partial charge in [-0.15, -0.1) is 29.9 Å². The fourth-order valence-corrected chi connectivity index (χ4v) is 14.0. The third-order valence-corrected chi connectivity index (χ3v) is 21.6. The Morgan fingerprint density at radius 2 is 0.413 bits per heavy atom. The van der Waals surface area contributed by atoms with Gasteiger partial charge in [-0.05, 0) is 138 Å². The van der Waals surface area contributed by atoms with Crippen molar-refractivity contribution in [1.29, 1.82) is 0 Å². The molecule has 0 amide bonds. The van der Waals surface area contributed by atoms with E-state index in [4.69, 9.17) is 29.2 Å². The number of rotatable bonds is 39. The van der Waals surface area contributed by atoms with Gasteiger partial charge >= 0.3 is 71.0 Å². The van der Waals surface area contributed by atoms with Gasteiger partial charge in [-0.1, -0.05) is 371 Å². The summed E-state index contributed by atoms with van der Waals surface area (Å²) < 4.78 is 34.7. The van der Waals surface area contributed by atoms with E-state index in [1.54, 1.807) is 126 Å². The molecule has 5 aromatic heterocycles. The van der Waals surface area contributed by atoms with Crippen molar-refractivity contribution >= 4 is 126 Å². The highest BCUT2D eigenvalue weighted by molar-refractivity contribution is 7.99. The van der Waals surface area contributed by atoms with Crippen molar-refractivity contribution < 1.29 is 42.8 Å². The van der Waals surface area contributed by atoms with Gasteiger partial charge in [-0.25, -0.2) is 57.4 Å². The van der Waals surface area contributed by atoms with Crippen LogP contribution in [0.2, 0.25) is 0 Å². The summed E-state index contributed by atoms with van der Waals surface area (Å²) in [5.41, 5.74) is 13.1. The van der Waals surface area contributed by atoms with Crippen LogP contribution >= 0.6 is 35.3 Å². The molecule has 690 valence electrons. The zero-order valence-corrected chi connectivity index (χ0v) is 77.6. The minimum atomic E-state index is -0.872. The number of carbonyl (C=O) groups excluding carboxylic acids is 3. The first-order valence-electron chi connectivity index (χ1n) is 41.8. The maximum atomic E-state index is 13.4. The van der Waals surface area contributed by atoms with Crippen LogP contribution in [-0.2, 0) is 51.3 Å². The lowest BCUT2D eigenvalue weighted by Gasteiger charge is -2.15. The second-order valence-corrected chi connectivity index (χ2v) is 31.0. The van der Waals surface area contributed by atoms with E-state index >= 15 is 0 Å². The lowest BCUT2D eigenvalue weighted by Crippen LogP contribution is -2.54. The van der Waals surface area contributed by atoms with Gasteiger partial charge in [0.15, 0.2) is 32.9 Å². The molecular weight excluding hydrogens is 1800 g/mol. The molecule has 0 fully saturated rings. The van der Waals surface area contributed by atoms with Crippen molar-refractivity contribution in [2.75, 3.05) is 0 Å². The van der Waals surface area contributed by atoms with Crippen LogP contribution < -0.4 is 45.5 Å². The molecule has 0 aliphatic rings. The molecule has 0 N–H and O–H groups in total. The van der Waals surface area contributed by atoms with E-state index in [0.29, 0.717) is 34.7 Å². The molecule has 0 spiro atoms. The van der Waals surface area contributed by atoms with Gasteiger partial charge in [0, 0.05) is 35.5 Å². The Hall–Kier alpha value is -17.6. The second-order valence-electron chi connectivity index (χ2n) is 28.2. The highest BCUT2D eigenvalue weighted by atomic mass is 32.2. The molecule has 0 aliphatic heterocycles. The van der Waals surface area contributed by atoms with Crippen molar-refractivity contribution in [1.82, 2.24) is 73.5 Å². The lowest BCUT2D eigenvalue weighted by atomic mass is 10.1. The summed E-state index contributed by atoms with van der Waals surface area (Å²) in [6, 6.07) is 67.9. The molecule has 9 aromatic carbocycles. The third kappa shape index (κ3) is 32.1. The molecule has 0 atom stereocenters. The van der Waals surface area contributed by atoms with E-state index in [-0.39, 0.29) is 37.7 Å². The lowest BCUT2D eigenvalue weighted by molar-refractivity contribution is -0.129. The van der Waals surface area contributed by atoms with E-state index in [1.165, 1.54) is 16.7 Å². The summed E-state index contributed by atoms with van der Waals surface area (Å²) in [5, 5.41) is 2.23. The Bertz CT molecular complexity index is 6240. The third-order valence-electron chi connectivity index (χ3n) is 18.8. The van der Waals surface area contributed by atoms with Crippen molar-refractivity contribution in [3.8, 4) is 53.3 Å². The number of carbonyl (C=O) groups is 3. The van der Waals surface area contributed by atoms with Crippen LogP contribution in [0.4, 0.5) is 0 Å². The van der Waals surface area contributed by atoms with Gasteiger partial charge < -0.3 is 28.4 Å². The van der Waals surface area contributed by atoms with Crippen LogP contribution in [0.5, 0.6) is 53.3 Å². The van der Waals surface area contributed by atoms with Gasteiger partial charge in [-0.3, -0.25) is 0 Å². The van der Waals surface area contributed by atoms with Crippen LogP contribution in [0, 0.1) is 0 Å². The maximum Gasteiger partial charge on any atom is 0.337 e. The molecule has 138 heavy (non-hydrogen) atoms. The minimum absolute atomic E-state index is 0.0341. The van der Waals surface area contributed by atoms with Crippen LogP contribution in [0.1, 0.15) is 101 Å². The van der Waals surface area contributed by atoms with Crippen molar-refractivity contribution in [3.63, 3.8) is 0 Å². The fraction of sp³-hybridized carbons (Fsp3) is 0.0556. The van der Waals surface area contributed by atoms with E-state index in [2.05, 4.69) is 231 Å². The molecule has 5 heterocycles. The maximum absolute atomic E-state index is 13.4. The summed E-state index contributed by atoms with van der Waals surface area (Å²) >= 11 is 4.89. The fourth-order valence-electron chi connectivity index (χ4n) is 11.5. The van der Waals surface area contributed by atoms with Gasteiger partial charge in [0.05, 0.1) is 19.6 Å². The predicted octanol–water partition coefficient (Wildman–Crippen LogP) is 22.0. The van der Waals surface area contributed by atoms with Gasteiger partial charge in [0.25, 0.3) is 0 Å². The summed E-state index contributed by atoms with van der Waals surface area (Å²) in [6.45, 7) is 54.3. The Morgan fingerprint density at radius 1 is 0.232 bits per heavy atom. The van der Waals surface area contributed by atoms with Gasteiger partial charge in [0.2, 0.25) is 0 Å². The molecule has 0 bridgehead atoms. The SMILES string of the molecule is C=CC(=O)Oc1nc(OC(=O)C=C)nc(OC(=O)C=C)n1.C=Cc1ccc(CSc2nc(SCc3ccc(C=C)cc3)nc(SCc3ccc(C=C)cc3)n2)cc1.C=Cc1ccc(Cn2c(=O)n(Cc3ccc(C=C)cc3)c(=O)n(Cc3ccc(C=C)cc3)c2=O)cc1.C=Cc1ccc(Oc2nc(Oc3ccc(C=C)cc3)nc(Oc3ccc(C=C)cc3)n2)cc1.C=Cc1nc(C=C)nc(C=C)n1. The van der Waals surface area contributed by atoms with Crippen molar-refractivity contribution in [2.24, 2.45) is 0 Å². The van der Waals surface area contributed by atoms with Crippen molar-refractivity contribution in [3.05, 3.63) is 468 Å². The molecule has 0 radical (unpaired) electrons. The normalized spacial score (nSPS) is 10.2. The Labute approximate surface area is 810 Å². The zero-order valence-electron chi connectivity index (χ0n) is 75.1. The first-order valence-corrected chi connectivity index (χ1v) is 44.7. The van der Waals surface area contributed by atoms with E-state index in [9.17, 15) is 28.8 Å². The smallest absolute Gasteiger partial charge is 0.337 e. The Morgan fingerprint density at radius 3 is 0.594 bits per heavy atom. The van der Waals surface area contributed by atoms with Gasteiger partial charge in [0.1, 0.15) is 17.2 Å². The topological polar surface area (TPSA) is 327 Å². The molecule has 0 saturated carbocycles. The number of hydrogen-bond donors (Lipinski definition) is 0. The number of esters is 3. The number of benzene rings is 9. The van der Waals surface area contributed by atoms with Crippen LogP contribution in [-0.4, -0.2) is 91.4 Å². The summed E-state index contributed by atoms with van der Waals surface area (Å²) in [5.74, 6) is 3.03. The second kappa shape index (κ2) is 53.2. The monoisotopic (exact) mass is 1890 g/mol. The minimum Gasteiger partial charge on any atom is -0.424 e. The molecule has 0 saturated heterocycles. The van der Waals surface area contributed by atoms with E-state index in [0.717, 1.165) is 131 Å². The van der Waals surface area contributed by atoms with Gasteiger partial charge in [-0.2, -0.15) is 15.0 Å². The molecule has 30 heteroatoms. The number of thioether (sulfide) groups is 3.